The maximum absolute atomic E-state index is 11.9. The maximum Gasteiger partial charge on any atom is 0.316 e. The molecule has 1 atom stereocenters. The van der Waals surface area contributed by atoms with Gasteiger partial charge in [0.1, 0.15) is 0 Å². The van der Waals surface area contributed by atoms with Crippen LogP contribution in [0.1, 0.15) is 31.0 Å². The molecule has 8 heteroatoms. The molecular formula is C17H22N6O2. The minimum Gasteiger partial charge on any atom is -0.467 e. The van der Waals surface area contributed by atoms with Crippen molar-refractivity contribution in [2.75, 3.05) is 31.6 Å². The van der Waals surface area contributed by atoms with Gasteiger partial charge in [0.2, 0.25) is 5.91 Å². The number of likely N-dealkylation sites (tertiary alicyclic amines) is 1. The summed E-state index contributed by atoms with van der Waals surface area (Å²) in [4.78, 5) is 24.5. The van der Waals surface area contributed by atoms with Crippen molar-refractivity contribution in [3.05, 3.63) is 30.4 Å². The van der Waals surface area contributed by atoms with Crippen molar-refractivity contribution in [1.82, 2.24) is 24.6 Å². The second kappa shape index (κ2) is 6.79. The molecule has 25 heavy (non-hydrogen) atoms. The van der Waals surface area contributed by atoms with Crippen molar-refractivity contribution in [2.24, 2.45) is 0 Å². The van der Waals surface area contributed by atoms with E-state index in [0.29, 0.717) is 18.5 Å². The molecule has 0 radical (unpaired) electrons. The van der Waals surface area contributed by atoms with E-state index in [2.05, 4.69) is 20.0 Å². The van der Waals surface area contributed by atoms with E-state index in [9.17, 15) is 4.79 Å². The molecule has 2 aliphatic rings. The van der Waals surface area contributed by atoms with Gasteiger partial charge in [0.05, 0.1) is 30.7 Å². The first-order chi connectivity index (χ1) is 12.2. The van der Waals surface area contributed by atoms with Gasteiger partial charge in [0, 0.05) is 45.0 Å². The van der Waals surface area contributed by atoms with Crippen molar-refractivity contribution in [3.8, 4) is 6.01 Å². The molecule has 0 aromatic carbocycles. The number of carbonyl (C=O) groups is 1. The van der Waals surface area contributed by atoms with Gasteiger partial charge in [0.25, 0.3) is 0 Å². The first kappa shape index (κ1) is 16.0. The highest BCUT2D eigenvalue weighted by molar-refractivity contribution is 5.95. The smallest absolute Gasteiger partial charge is 0.316 e. The molecule has 0 saturated carbocycles. The Morgan fingerprint density at radius 2 is 2.28 bits per heavy atom. The van der Waals surface area contributed by atoms with Gasteiger partial charge in [-0.25, -0.2) is 4.98 Å². The van der Waals surface area contributed by atoms with Gasteiger partial charge in [-0.3, -0.25) is 14.4 Å². The lowest BCUT2D eigenvalue weighted by atomic mass is 10.3. The molecule has 0 aliphatic carbocycles. The lowest BCUT2D eigenvalue weighted by Crippen LogP contribution is -2.23. The highest BCUT2D eigenvalue weighted by atomic mass is 16.5. The Labute approximate surface area is 146 Å². The lowest BCUT2D eigenvalue weighted by molar-refractivity contribution is -0.117. The lowest BCUT2D eigenvalue weighted by Gasteiger charge is -2.16. The van der Waals surface area contributed by atoms with Gasteiger partial charge in [-0.1, -0.05) is 0 Å². The second-order valence-corrected chi connectivity index (χ2v) is 6.54. The van der Waals surface area contributed by atoms with Gasteiger partial charge in [-0.2, -0.15) is 10.1 Å². The number of rotatable bonds is 5. The zero-order chi connectivity index (χ0) is 17.2. The van der Waals surface area contributed by atoms with Crippen LogP contribution in [0.2, 0.25) is 0 Å². The molecule has 4 rings (SSSR count). The molecule has 2 saturated heterocycles. The van der Waals surface area contributed by atoms with Crippen LogP contribution < -0.4 is 9.64 Å². The molecule has 2 fully saturated rings. The minimum atomic E-state index is 0.199. The van der Waals surface area contributed by atoms with E-state index >= 15 is 0 Å². The summed E-state index contributed by atoms with van der Waals surface area (Å²) in [6.45, 7) is 3.49. The zero-order valence-electron chi connectivity index (χ0n) is 14.3. The fourth-order valence-electron chi connectivity index (χ4n) is 3.55. The maximum atomic E-state index is 11.9. The third-order valence-electron chi connectivity index (χ3n) is 4.85. The molecule has 8 nitrogen and oxygen atoms in total. The average molecular weight is 342 g/mol. The first-order valence-corrected chi connectivity index (χ1v) is 8.66. The Balaban J connectivity index is 1.39. The van der Waals surface area contributed by atoms with Crippen molar-refractivity contribution in [3.63, 3.8) is 0 Å². The van der Waals surface area contributed by atoms with Gasteiger partial charge in [-0.15, -0.1) is 0 Å². The Bertz CT molecular complexity index is 761. The monoisotopic (exact) mass is 342 g/mol. The van der Waals surface area contributed by atoms with Crippen LogP contribution in [-0.4, -0.2) is 57.3 Å². The van der Waals surface area contributed by atoms with Crippen molar-refractivity contribution >= 4 is 11.6 Å². The fraction of sp³-hybridized carbons (Fsp3) is 0.529. The van der Waals surface area contributed by atoms with Crippen LogP contribution in [0.25, 0.3) is 0 Å². The summed E-state index contributed by atoms with van der Waals surface area (Å²) < 4.78 is 7.08. The Kier molecular flexibility index (Phi) is 4.35. The zero-order valence-corrected chi connectivity index (χ0v) is 14.3. The summed E-state index contributed by atoms with van der Waals surface area (Å²) in [5.41, 5.74) is 1.87. The predicted molar refractivity (Wildman–Crippen MR) is 91.3 cm³/mol. The molecule has 2 aromatic rings. The number of anilines is 1. The molecule has 0 N–H and O–H groups in total. The normalized spacial score (nSPS) is 21.2. The molecule has 0 bridgehead atoms. The summed E-state index contributed by atoms with van der Waals surface area (Å²) in [5.74, 6) is 0.199. The number of amides is 1. The summed E-state index contributed by atoms with van der Waals surface area (Å²) in [5, 5.41) is 4.50. The second-order valence-electron chi connectivity index (χ2n) is 6.54. The van der Waals surface area contributed by atoms with E-state index in [-0.39, 0.29) is 5.91 Å². The van der Waals surface area contributed by atoms with Gasteiger partial charge >= 0.3 is 6.01 Å². The third-order valence-corrected chi connectivity index (χ3v) is 4.85. The fourth-order valence-corrected chi connectivity index (χ4v) is 3.55. The first-order valence-electron chi connectivity index (χ1n) is 8.66. The van der Waals surface area contributed by atoms with Crippen LogP contribution in [0, 0.1) is 0 Å². The summed E-state index contributed by atoms with van der Waals surface area (Å²) in [6, 6.07) is 2.65. The highest BCUT2D eigenvalue weighted by Gasteiger charge is 2.27. The van der Waals surface area contributed by atoms with E-state index in [1.54, 1.807) is 19.5 Å². The Morgan fingerprint density at radius 3 is 3.08 bits per heavy atom. The number of methoxy groups -OCH3 is 1. The molecule has 4 heterocycles. The Morgan fingerprint density at radius 1 is 1.36 bits per heavy atom. The number of aromatic nitrogens is 4. The van der Waals surface area contributed by atoms with E-state index in [4.69, 9.17) is 4.74 Å². The number of carbonyl (C=O) groups excluding carboxylic acids is 1. The Hall–Kier alpha value is -2.48. The average Bonchev–Trinajstić information content (AvgIpc) is 3.35. The number of hydrogen-bond acceptors (Lipinski definition) is 6. The van der Waals surface area contributed by atoms with E-state index < -0.39 is 0 Å². The van der Waals surface area contributed by atoms with Gasteiger partial charge < -0.3 is 9.64 Å². The number of ether oxygens (including phenoxy) is 1. The largest absolute Gasteiger partial charge is 0.467 e. The van der Waals surface area contributed by atoms with E-state index in [1.165, 1.54) is 0 Å². The minimum absolute atomic E-state index is 0.199. The van der Waals surface area contributed by atoms with Gasteiger partial charge in [-0.05, 0) is 18.9 Å². The topological polar surface area (TPSA) is 76.4 Å². The molecule has 0 spiro atoms. The highest BCUT2D eigenvalue weighted by Crippen LogP contribution is 2.26. The van der Waals surface area contributed by atoms with Crippen LogP contribution in [0.15, 0.2) is 24.7 Å². The van der Waals surface area contributed by atoms with Crippen LogP contribution in [0.3, 0.4) is 0 Å². The molecule has 132 valence electrons. The summed E-state index contributed by atoms with van der Waals surface area (Å²) >= 11 is 0. The standard InChI is InChI=1S/C17H22N6O2/c1-25-17-18-6-4-13(20-17)10-21-8-5-14(11-21)23-12-15(9-19-23)22-7-2-3-16(22)24/h4,6,9,12,14H,2-3,5,7-8,10-11H2,1H3. The summed E-state index contributed by atoms with van der Waals surface area (Å²) in [7, 11) is 1.57. The third kappa shape index (κ3) is 3.34. The molecule has 1 unspecified atom stereocenters. The molecule has 1 amide bonds. The van der Waals surface area contributed by atoms with E-state index in [1.807, 2.05) is 21.8 Å². The number of nitrogens with zero attached hydrogens (tertiary/aromatic N) is 6. The van der Waals surface area contributed by atoms with Crippen LogP contribution >= 0.6 is 0 Å². The number of hydrogen-bond donors (Lipinski definition) is 0. The predicted octanol–water partition coefficient (Wildman–Crippen LogP) is 1.26. The molecular weight excluding hydrogens is 320 g/mol. The summed E-state index contributed by atoms with van der Waals surface area (Å²) in [6.07, 6.45) is 8.15. The van der Waals surface area contributed by atoms with Crippen molar-refractivity contribution < 1.29 is 9.53 Å². The van der Waals surface area contributed by atoms with E-state index in [0.717, 1.165) is 50.4 Å². The van der Waals surface area contributed by atoms with Crippen LogP contribution in [0.5, 0.6) is 6.01 Å². The van der Waals surface area contributed by atoms with Crippen LogP contribution in [-0.2, 0) is 11.3 Å². The van der Waals surface area contributed by atoms with Crippen molar-refractivity contribution in [1.29, 1.82) is 0 Å². The SMILES string of the molecule is COc1nccc(CN2CCC(n3cc(N4CCCC4=O)cn3)C2)n1. The molecule has 2 aromatic heterocycles. The quantitative estimate of drug-likeness (QED) is 0.814. The van der Waals surface area contributed by atoms with Gasteiger partial charge in [0.15, 0.2) is 0 Å². The molecule has 2 aliphatic heterocycles. The van der Waals surface area contributed by atoms with Crippen LogP contribution in [0.4, 0.5) is 5.69 Å². The van der Waals surface area contributed by atoms with Crippen molar-refractivity contribution in [2.45, 2.75) is 31.8 Å².